The second-order valence-corrected chi connectivity index (χ2v) is 5.56. The maximum atomic E-state index is 10.9. The monoisotopic (exact) mass is 288 g/mol. The standard InChI is InChI=1S/C13H8N2O4S/c16-20(17)18-13(19-20)8-4-3-7-11-12(8)15-10-6-2-1-5-9(10)14-11/h1-7,13H. The van der Waals surface area contributed by atoms with E-state index in [1.807, 2.05) is 30.3 Å². The highest BCUT2D eigenvalue weighted by atomic mass is 32.3. The molecule has 1 fully saturated rings. The molecule has 20 heavy (non-hydrogen) atoms. The first-order chi connectivity index (χ1) is 9.62. The van der Waals surface area contributed by atoms with Crippen LogP contribution in [-0.4, -0.2) is 18.4 Å². The van der Waals surface area contributed by atoms with Crippen molar-refractivity contribution in [1.82, 2.24) is 9.97 Å². The van der Waals surface area contributed by atoms with Gasteiger partial charge in [0.15, 0.2) is 0 Å². The molecule has 0 amide bonds. The molecule has 0 unspecified atom stereocenters. The van der Waals surface area contributed by atoms with Crippen LogP contribution in [0.3, 0.4) is 0 Å². The number of fused-ring (bicyclic) bond motifs is 2. The Morgan fingerprint density at radius 2 is 1.50 bits per heavy atom. The van der Waals surface area contributed by atoms with E-state index in [4.69, 9.17) is 8.37 Å². The van der Waals surface area contributed by atoms with E-state index in [0.29, 0.717) is 16.6 Å². The van der Waals surface area contributed by atoms with Crippen LogP contribution >= 0.6 is 0 Å². The van der Waals surface area contributed by atoms with Gasteiger partial charge >= 0.3 is 10.4 Å². The van der Waals surface area contributed by atoms with Crippen LogP contribution in [0.25, 0.3) is 22.1 Å². The normalized spacial score (nSPS) is 18.2. The third-order valence-electron chi connectivity index (χ3n) is 3.07. The van der Waals surface area contributed by atoms with E-state index in [2.05, 4.69) is 9.97 Å². The van der Waals surface area contributed by atoms with Crippen molar-refractivity contribution in [3.05, 3.63) is 48.0 Å². The van der Waals surface area contributed by atoms with Crippen molar-refractivity contribution in [2.75, 3.05) is 0 Å². The van der Waals surface area contributed by atoms with Gasteiger partial charge in [-0.3, -0.25) is 0 Å². The Hall–Kier alpha value is -2.09. The van der Waals surface area contributed by atoms with Gasteiger partial charge in [-0.05, 0) is 18.2 Å². The maximum absolute atomic E-state index is 10.9. The van der Waals surface area contributed by atoms with E-state index in [1.54, 1.807) is 12.1 Å². The van der Waals surface area contributed by atoms with Gasteiger partial charge in [0.05, 0.1) is 22.1 Å². The highest BCUT2D eigenvalue weighted by Gasteiger charge is 2.38. The lowest BCUT2D eigenvalue weighted by atomic mass is 10.1. The molecule has 6 nitrogen and oxygen atoms in total. The predicted octanol–water partition coefficient (Wildman–Crippen LogP) is 2.07. The Balaban J connectivity index is 1.95. The molecule has 0 radical (unpaired) electrons. The van der Waals surface area contributed by atoms with Gasteiger partial charge in [0.1, 0.15) is 0 Å². The molecule has 1 saturated heterocycles. The molecule has 3 aromatic rings. The summed E-state index contributed by atoms with van der Waals surface area (Å²) < 4.78 is 31.3. The van der Waals surface area contributed by atoms with Crippen LogP contribution in [0, 0.1) is 0 Å². The minimum absolute atomic E-state index is 0.551. The van der Waals surface area contributed by atoms with Gasteiger partial charge in [0.2, 0.25) is 6.29 Å². The molecule has 0 N–H and O–H groups in total. The quantitative estimate of drug-likeness (QED) is 0.638. The van der Waals surface area contributed by atoms with E-state index in [9.17, 15) is 8.42 Å². The van der Waals surface area contributed by atoms with Gasteiger partial charge in [0.25, 0.3) is 0 Å². The van der Waals surface area contributed by atoms with Crippen molar-refractivity contribution in [3.8, 4) is 0 Å². The van der Waals surface area contributed by atoms with E-state index in [-0.39, 0.29) is 0 Å². The summed E-state index contributed by atoms with van der Waals surface area (Å²) in [6, 6.07) is 12.8. The molecular weight excluding hydrogens is 280 g/mol. The molecule has 0 atom stereocenters. The van der Waals surface area contributed by atoms with Crippen LogP contribution in [0.15, 0.2) is 42.5 Å². The van der Waals surface area contributed by atoms with Crippen LogP contribution in [0.1, 0.15) is 11.9 Å². The molecule has 4 rings (SSSR count). The number of benzene rings is 2. The second kappa shape index (κ2) is 3.95. The minimum Gasteiger partial charge on any atom is -0.244 e. The van der Waals surface area contributed by atoms with E-state index >= 15 is 0 Å². The molecule has 0 bridgehead atoms. The molecule has 0 spiro atoms. The summed E-state index contributed by atoms with van der Waals surface area (Å²) in [7, 11) is -3.84. The number of rotatable bonds is 1. The number of hydrogen-bond acceptors (Lipinski definition) is 6. The SMILES string of the molecule is O=S1(=O)OC(c2cccc3nc4ccccc4nc23)O1. The van der Waals surface area contributed by atoms with Crippen LogP contribution < -0.4 is 0 Å². The molecule has 7 heteroatoms. The first kappa shape index (κ1) is 11.7. The number of nitrogens with zero attached hydrogens (tertiary/aromatic N) is 2. The lowest BCUT2D eigenvalue weighted by Gasteiger charge is -2.25. The Labute approximate surface area is 114 Å². The summed E-state index contributed by atoms with van der Waals surface area (Å²) in [5.41, 5.74) is 3.30. The van der Waals surface area contributed by atoms with Crippen LogP contribution in [0.5, 0.6) is 0 Å². The summed E-state index contributed by atoms with van der Waals surface area (Å²) in [5, 5.41) is 0. The smallest absolute Gasteiger partial charge is 0.244 e. The first-order valence-electron chi connectivity index (χ1n) is 5.89. The maximum Gasteiger partial charge on any atom is 0.405 e. The van der Waals surface area contributed by atoms with Gasteiger partial charge in [-0.15, -0.1) is 0 Å². The average molecular weight is 288 g/mol. The summed E-state index contributed by atoms with van der Waals surface area (Å²) in [6.07, 6.45) is -0.945. The zero-order valence-electron chi connectivity index (χ0n) is 10.1. The van der Waals surface area contributed by atoms with Gasteiger partial charge in [-0.25, -0.2) is 18.3 Å². The largest absolute Gasteiger partial charge is 0.405 e. The summed E-state index contributed by atoms with van der Waals surface area (Å²) >= 11 is 0. The lowest BCUT2D eigenvalue weighted by molar-refractivity contribution is -0.0813. The highest BCUT2D eigenvalue weighted by Crippen LogP contribution is 2.36. The molecule has 1 aliphatic heterocycles. The van der Waals surface area contributed by atoms with E-state index in [0.717, 1.165) is 11.0 Å². The van der Waals surface area contributed by atoms with Crippen molar-refractivity contribution in [1.29, 1.82) is 0 Å². The fourth-order valence-electron chi connectivity index (χ4n) is 2.18. The Bertz CT molecular complexity index is 927. The molecule has 2 heterocycles. The van der Waals surface area contributed by atoms with Crippen molar-refractivity contribution in [2.24, 2.45) is 0 Å². The molecular formula is C13H8N2O4S. The van der Waals surface area contributed by atoms with Crippen molar-refractivity contribution >= 4 is 32.5 Å². The van der Waals surface area contributed by atoms with Gasteiger partial charge in [-0.2, -0.15) is 8.42 Å². The minimum atomic E-state index is -3.84. The summed E-state index contributed by atoms with van der Waals surface area (Å²) in [5.74, 6) is 0. The third kappa shape index (κ3) is 1.75. The van der Waals surface area contributed by atoms with Crippen LogP contribution in [0.4, 0.5) is 0 Å². The van der Waals surface area contributed by atoms with Crippen molar-refractivity contribution in [2.45, 2.75) is 6.29 Å². The lowest BCUT2D eigenvalue weighted by Crippen LogP contribution is -2.29. The molecule has 1 aromatic heterocycles. The topological polar surface area (TPSA) is 78.4 Å². The number of aromatic nitrogens is 2. The average Bonchev–Trinajstić information content (AvgIpc) is 2.42. The number of hydrogen-bond donors (Lipinski definition) is 0. The second-order valence-electron chi connectivity index (χ2n) is 4.36. The van der Waals surface area contributed by atoms with E-state index in [1.165, 1.54) is 0 Å². The fraction of sp³-hybridized carbons (Fsp3) is 0.0769. The molecule has 100 valence electrons. The third-order valence-corrected chi connectivity index (χ3v) is 3.89. The van der Waals surface area contributed by atoms with Crippen LogP contribution in [-0.2, 0) is 18.8 Å². The number of para-hydroxylation sites is 3. The molecule has 1 aliphatic rings. The van der Waals surface area contributed by atoms with Gasteiger partial charge < -0.3 is 0 Å². The Morgan fingerprint density at radius 3 is 2.20 bits per heavy atom. The van der Waals surface area contributed by atoms with E-state index < -0.39 is 16.7 Å². The summed E-state index contributed by atoms with van der Waals surface area (Å²) in [6.45, 7) is 0. The highest BCUT2D eigenvalue weighted by molar-refractivity contribution is 7.82. The predicted molar refractivity (Wildman–Crippen MR) is 70.9 cm³/mol. The zero-order valence-corrected chi connectivity index (χ0v) is 10.9. The van der Waals surface area contributed by atoms with Crippen molar-refractivity contribution in [3.63, 3.8) is 0 Å². The molecule has 0 saturated carbocycles. The summed E-state index contributed by atoms with van der Waals surface area (Å²) in [4.78, 5) is 9.00. The fourth-order valence-corrected chi connectivity index (χ4v) is 2.83. The van der Waals surface area contributed by atoms with Gasteiger partial charge in [0, 0.05) is 5.56 Å². The first-order valence-corrected chi connectivity index (χ1v) is 7.23. The van der Waals surface area contributed by atoms with Crippen molar-refractivity contribution < 1.29 is 16.8 Å². The van der Waals surface area contributed by atoms with Gasteiger partial charge in [-0.1, -0.05) is 24.3 Å². The zero-order chi connectivity index (χ0) is 13.7. The molecule has 2 aromatic carbocycles. The van der Waals surface area contributed by atoms with Crippen LogP contribution in [0.2, 0.25) is 0 Å². The Kier molecular flexibility index (Phi) is 2.31. The molecule has 0 aliphatic carbocycles. The Morgan fingerprint density at radius 1 is 0.850 bits per heavy atom.